The van der Waals surface area contributed by atoms with E-state index in [0.717, 1.165) is 24.3 Å². The monoisotopic (exact) mass is 261 g/mol. The molecule has 0 amide bonds. The summed E-state index contributed by atoms with van der Waals surface area (Å²) in [4.78, 5) is 2.38. The Bertz CT molecular complexity index is 474. The van der Waals surface area contributed by atoms with E-state index in [1.807, 2.05) is 12.1 Å². The molecule has 4 nitrogen and oxygen atoms in total. The summed E-state index contributed by atoms with van der Waals surface area (Å²) in [5.74, 6) is 1.52. The molecular formula is C15H23N3O. The molecule has 1 heterocycles. The predicted octanol–water partition coefficient (Wildman–Crippen LogP) is 2.57. The summed E-state index contributed by atoms with van der Waals surface area (Å²) in [5.41, 5.74) is 8.92. The summed E-state index contributed by atoms with van der Waals surface area (Å²) >= 11 is 0. The highest BCUT2D eigenvalue weighted by molar-refractivity contribution is 6.02. The number of anilines is 1. The van der Waals surface area contributed by atoms with Gasteiger partial charge in [-0.15, -0.1) is 0 Å². The molecule has 0 aliphatic carbocycles. The molecule has 4 heteroatoms. The Morgan fingerprint density at radius 2 is 1.95 bits per heavy atom. The van der Waals surface area contributed by atoms with Gasteiger partial charge in [0.05, 0.1) is 5.69 Å². The van der Waals surface area contributed by atoms with E-state index in [2.05, 4.69) is 36.9 Å². The topological polar surface area (TPSA) is 61.9 Å². The average molecular weight is 261 g/mol. The van der Waals surface area contributed by atoms with Crippen molar-refractivity contribution in [3.05, 3.63) is 29.3 Å². The maximum atomic E-state index is 8.95. The first-order valence-electron chi connectivity index (χ1n) is 6.85. The van der Waals surface area contributed by atoms with Gasteiger partial charge in [0.1, 0.15) is 0 Å². The number of aryl methyl sites for hydroxylation is 1. The lowest BCUT2D eigenvalue weighted by Gasteiger charge is -2.38. The van der Waals surface area contributed by atoms with Crippen molar-refractivity contribution in [3.8, 4) is 0 Å². The maximum absolute atomic E-state index is 8.95. The van der Waals surface area contributed by atoms with Crippen LogP contribution in [0.2, 0.25) is 0 Å². The molecule has 0 bridgehead atoms. The van der Waals surface area contributed by atoms with Crippen molar-refractivity contribution < 1.29 is 5.21 Å². The number of nitrogens with two attached hydrogens (primary N) is 1. The smallest absolute Gasteiger partial charge is 0.172 e. The van der Waals surface area contributed by atoms with Crippen molar-refractivity contribution in [1.29, 1.82) is 0 Å². The molecule has 1 fully saturated rings. The van der Waals surface area contributed by atoms with Crippen LogP contribution in [-0.2, 0) is 0 Å². The second kappa shape index (κ2) is 5.51. The van der Waals surface area contributed by atoms with E-state index in [0.29, 0.717) is 11.8 Å². The van der Waals surface area contributed by atoms with Crippen molar-refractivity contribution in [2.45, 2.75) is 27.2 Å². The summed E-state index contributed by atoms with van der Waals surface area (Å²) in [5, 5.41) is 12.1. The van der Waals surface area contributed by atoms with Crippen molar-refractivity contribution in [2.75, 3.05) is 18.0 Å². The fourth-order valence-corrected chi connectivity index (χ4v) is 3.18. The van der Waals surface area contributed by atoms with E-state index >= 15 is 0 Å². The summed E-state index contributed by atoms with van der Waals surface area (Å²) in [7, 11) is 0. The predicted molar refractivity (Wildman–Crippen MR) is 78.8 cm³/mol. The summed E-state index contributed by atoms with van der Waals surface area (Å²) < 4.78 is 0. The van der Waals surface area contributed by atoms with Crippen molar-refractivity contribution in [1.82, 2.24) is 0 Å². The Morgan fingerprint density at radius 1 is 1.32 bits per heavy atom. The highest BCUT2D eigenvalue weighted by atomic mass is 16.4. The summed E-state index contributed by atoms with van der Waals surface area (Å²) in [6.45, 7) is 8.70. The number of hydrogen-bond acceptors (Lipinski definition) is 3. The van der Waals surface area contributed by atoms with Gasteiger partial charge in [0.15, 0.2) is 5.84 Å². The zero-order valence-corrected chi connectivity index (χ0v) is 11.9. The standard InChI is InChI=1S/C15H23N3O/c1-10-7-11(2)9-18(8-10)14-12(3)5-4-6-13(14)15(16)17-19/h4-6,10-11,19H,7-9H2,1-3H3,(H2,16,17). The van der Waals surface area contributed by atoms with Gasteiger partial charge >= 0.3 is 0 Å². The molecule has 2 unspecified atom stereocenters. The first kappa shape index (κ1) is 13.7. The van der Waals surface area contributed by atoms with E-state index in [9.17, 15) is 0 Å². The highest BCUT2D eigenvalue weighted by Gasteiger charge is 2.25. The molecule has 1 aliphatic rings. The Hall–Kier alpha value is -1.71. The van der Waals surface area contributed by atoms with Gasteiger partial charge in [-0.1, -0.05) is 31.1 Å². The molecule has 0 radical (unpaired) electrons. The lowest BCUT2D eigenvalue weighted by atomic mass is 9.90. The molecule has 1 aromatic carbocycles. The summed E-state index contributed by atoms with van der Waals surface area (Å²) in [6, 6.07) is 5.94. The minimum atomic E-state index is 0.185. The molecule has 2 atom stereocenters. The second-order valence-corrected chi connectivity index (χ2v) is 5.81. The zero-order valence-electron chi connectivity index (χ0n) is 11.9. The first-order valence-corrected chi connectivity index (χ1v) is 6.85. The Kier molecular flexibility index (Phi) is 3.98. The third kappa shape index (κ3) is 2.83. The van der Waals surface area contributed by atoms with Crippen molar-refractivity contribution in [3.63, 3.8) is 0 Å². The fourth-order valence-electron chi connectivity index (χ4n) is 3.18. The van der Waals surface area contributed by atoms with Crippen LogP contribution in [-0.4, -0.2) is 24.1 Å². The SMILES string of the molecule is Cc1cccc(/C(N)=N/O)c1N1CC(C)CC(C)C1. The Morgan fingerprint density at radius 3 is 2.53 bits per heavy atom. The normalized spacial score (nSPS) is 24.6. The molecule has 0 saturated carbocycles. The molecule has 2 rings (SSSR count). The third-order valence-corrected chi connectivity index (χ3v) is 3.81. The quantitative estimate of drug-likeness (QED) is 0.372. The molecule has 0 spiro atoms. The number of hydrogen-bond donors (Lipinski definition) is 2. The van der Waals surface area contributed by atoms with Gasteiger partial charge in [-0.25, -0.2) is 0 Å². The lowest BCUT2D eigenvalue weighted by molar-refractivity contribution is 0.318. The minimum absolute atomic E-state index is 0.185. The molecule has 0 aromatic heterocycles. The molecule has 104 valence electrons. The van der Waals surface area contributed by atoms with E-state index in [1.165, 1.54) is 12.0 Å². The van der Waals surface area contributed by atoms with E-state index in [4.69, 9.17) is 10.9 Å². The molecule has 1 aromatic rings. The van der Waals surface area contributed by atoms with Crippen LogP contribution >= 0.6 is 0 Å². The fraction of sp³-hybridized carbons (Fsp3) is 0.533. The summed E-state index contributed by atoms with van der Waals surface area (Å²) in [6.07, 6.45) is 1.27. The number of oxime groups is 1. The van der Waals surface area contributed by atoms with Gasteiger partial charge in [0, 0.05) is 18.7 Å². The van der Waals surface area contributed by atoms with Gasteiger partial charge in [-0.05, 0) is 36.8 Å². The molecule has 19 heavy (non-hydrogen) atoms. The van der Waals surface area contributed by atoms with E-state index in [1.54, 1.807) is 0 Å². The van der Waals surface area contributed by atoms with Gasteiger partial charge in [-0.3, -0.25) is 0 Å². The number of benzene rings is 1. The zero-order chi connectivity index (χ0) is 14.0. The van der Waals surface area contributed by atoms with Crippen LogP contribution in [0.4, 0.5) is 5.69 Å². The van der Waals surface area contributed by atoms with Crippen molar-refractivity contribution in [2.24, 2.45) is 22.7 Å². The minimum Gasteiger partial charge on any atom is -0.409 e. The van der Waals surface area contributed by atoms with Gasteiger partial charge < -0.3 is 15.8 Å². The van der Waals surface area contributed by atoms with Crippen LogP contribution < -0.4 is 10.6 Å². The average Bonchev–Trinajstić information content (AvgIpc) is 2.36. The van der Waals surface area contributed by atoms with E-state index < -0.39 is 0 Å². The van der Waals surface area contributed by atoms with E-state index in [-0.39, 0.29) is 5.84 Å². The van der Waals surface area contributed by atoms with Crippen LogP contribution in [0, 0.1) is 18.8 Å². The number of piperidine rings is 1. The van der Waals surface area contributed by atoms with Gasteiger partial charge in [0.2, 0.25) is 0 Å². The van der Waals surface area contributed by atoms with Crippen LogP contribution in [0.25, 0.3) is 0 Å². The van der Waals surface area contributed by atoms with Gasteiger partial charge in [-0.2, -0.15) is 0 Å². The lowest BCUT2D eigenvalue weighted by Crippen LogP contribution is -2.40. The Labute approximate surface area is 114 Å². The number of amidine groups is 1. The molecule has 1 aliphatic heterocycles. The number of para-hydroxylation sites is 1. The first-order chi connectivity index (χ1) is 9.02. The van der Waals surface area contributed by atoms with Crippen LogP contribution in [0.3, 0.4) is 0 Å². The van der Waals surface area contributed by atoms with Crippen LogP contribution in [0.5, 0.6) is 0 Å². The van der Waals surface area contributed by atoms with Crippen molar-refractivity contribution >= 4 is 11.5 Å². The Balaban J connectivity index is 2.43. The third-order valence-electron chi connectivity index (χ3n) is 3.81. The number of nitrogens with zero attached hydrogens (tertiary/aromatic N) is 2. The van der Waals surface area contributed by atoms with Crippen LogP contribution in [0.15, 0.2) is 23.4 Å². The second-order valence-electron chi connectivity index (χ2n) is 5.81. The molecular weight excluding hydrogens is 238 g/mol. The maximum Gasteiger partial charge on any atom is 0.172 e. The van der Waals surface area contributed by atoms with Crippen LogP contribution in [0.1, 0.15) is 31.4 Å². The molecule has 1 saturated heterocycles. The largest absolute Gasteiger partial charge is 0.409 e. The van der Waals surface area contributed by atoms with Gasteiger partial charge in [0.25, 0.3) is 0 Å². The highest BCUT2D eigenvalue weighted by Crippen LogP contribution is 2.31. The number of rotatable bonds is 2. The molecule has 3 N–H and O–H groups in total.